The summed E-state index contributed by atoms with van der Waals surface area (Å²) in [6.07, 6.45) is 5.47. The van der Waals surface area contributed by atoms with Gasteiger partial charge in [0, 0.05) is 65.2 Å². The fourth-order valence-corrected chi connectivity index (χ4v) is 3.45. The third kappa shape index (κ3) is 6.70. The second-order valence-corrected chi connectivity index (χ2v) is 7.78. The SMILES string of the molecule is CN=C(NCCc1cccc(C(=O)N(C)C)c1)NCCc1nccn1Cc1ccccc1. The van der Waals surface area contributed by atoms with Gasteiger partial charge >= 0.3 is 0 Å². The minimum absolute atomic E-state index is 0.0166. The van der Waals surface area contributed by atoms with Gasteiger partial charge in [-0.25, -0.2) is 4.98 Å². The maximum Gasteiger partial charge on any atom is 0.253 e. The van der Waals surface area contributed by atoms with E-state index in [1.807, 2.05) is 42.7 Å². The molecular weight excluding hydrogens is 400 g/mol. The van der Waals surface area contributed by atoms with Crippen LogP contribution < -0.4 is 10.6 Å². The molecule has 0 spiro atoms. The molecule has 0 saturated heterocycles. The van der Waals surface area contributed by atoms with Gasteiger partial charge in [-0.3, -0.25) is 9.79 Å². The van der Waals surface area contributed by atoms with E-state index in [0.717, 1.165) is 49.8 Å². The number of aromatic nitrogens is 2. The highest BCUT2D eigenvalue weighted by molar-refractivity contribution is 5.94. The molecule has 0 unspecified atom stereocenters. The Bertz CT molecular complexity index is 1030. The monoisotopic (exact) mass is 432 g/mol. The first kappa shape index (κ1) is 23.1. The number of carbonyl (C=O) groups excluding carboxylic acids is 1. The van der Waals surface area contributed by atoms with Gasteiger partial charge in [0.25, 0.3) is 5.91 Å². The summed E-state index contributed by atoms with van der Waals surface area (Å²) < 4.78 is 2.18. The van der Waals surface area contributed by atoms with Crippen molar-refractivity contribution in [3.63, 3.8) is 0 Å². The summed E-state index contributed by atoms with van der Waals surface area (Å²) in [6.45, 7) is 2.28. The van der Waals surface area contributed by atoms with E-state index in [1.54, 1.807) is 26.0 Å². The van der Waals surface area contributed by atoms with Crippen LogP contribution in [0.5, 0.6) is 0 Å². The molecule has 1 heterocycles. The molecule has 2 N–H and O–H groups in total. The third-order valence-electron chi connectivity index (χ3n) is 5.15. The lowest BCUT2D eigenvalue weighted by Crippen LogP contribution is -2.39. The fourth-order valence-electron chi connectivity index (χ4n) is 3.45. The number of rotatable bonds is 9. The van der Waals surface area contributed by atoms with Gasteiger partial charge in [-0.05, 0) is 29.7 Å². The van der Waals surface area contributed by atoms with Crippen molar-refractivity contribution in [2.45, 2.75) is 19.4 Å². The standard InChI is InChI=1S/C25H32N6O/c1-26-25(28-14-12-20-10-7-11-22(18-20)24(32)30(2)3)29-15-13-23-27-16-17-31(23)19-21-8-5-4-6-9-21/h4-11,16-18H,12-15,19H2,1-3H3,(H2,26,28,29). The smallest absolute Gasteiger partial charge is 0.253 e. The molecule has 168 valence electrons. The van der Waals surface area contributed by atoms with Gasteiger partial charge in [0.05, 0.1) is 0 Å². The largest absolute Gasteiger partial charge is 0.356 e. The Morgan fingerprint density at radius 2 is 1.72 bits per heavy atom. The van der Waals surface area contributed by atoms with Crippen LogP contribution in [0.15, 0.2) is 72.0 Å². The van der Waals surface area contributed by atoms with E-state index in [-0.39, 0.29) is 5.91 Å². The zero-order valence-corrected chi connectivity index (χ0v) is 19.1. The van der Waals surface area contributed by atoms with Gasteiger partial charge in [-0.15, -0.1) is 0 Å². The van der Waals surface area contributed by atoms with Gasteiger partial charge in [0.2, 0.25) is 0 Å². The van der Waals surface area contributed by atoms with Crippen LogP contribution in [0.1, 0.15) is 27.3 Å². The average Bonchev–Trinajstić information content (AvgIpc) is 3.25. The van der Waals surface area contributed by atoms with Crippen LogP contribution in [0.2, 0.25) is 0 Å². The van der Waals surface area contributed by atoms with Crippen molar-refractivity contribution in [3.8, 4) is 0 Å². The summed E-state index contributed by atoms with van der Waals surface area (Å²) in [4.78, 5) is 22.5. The minimum Gasteiger partial charge on any atom is -0.356 e. The molecule has 0 bridgehead atoms. The molecule has 7 heteroatoms. The molecule has 0 radical (unpaired) electrons. The number of nitrogens with zero attached hydrogens (tertiary/aromatic N) is 4. The van der Waals surface area contributed by atoms with Crippen molar-refractivity contribution >= 4 is 11.9 Å². The maximum atomic E-state index is 12.1. The van der Waals surface area contributed by atoms with Crippen LogP contribution in [0.4, 0.5) is 0 Å². The summed E-state index contributed by atoms with van der Waals surface area (Å²) in [5, 5.41) is 6.69. The van der Waals surface area contributed by atoms with Crippen molar-refractivity contribution in [2.24, 2.45) is 4.99 Å². The van der Waals surface area contributed by atoms with Gasteiger partial charge in [-0.1, -0.05) is 42.5 Å². The number of hydrogen-bond acceptors (Lipinski definition) is 3. The lowest BCUT2D eigenvalue weighted by Gasteiger charge is -2.13. The molecule has 32 heavy (non-hydrogen) atoms. The molecule has 7 nitrogen and oxygen atoms in total. The van der Waals surface area contributed by atoms with Crippen LogP contribution in [-0.4, -0.2) is 60.6 Å². The van der Waals surface area contributed by atoms with E-state index < -0.39 is 0 Å². The van der Waals surface area contributed by atoms with Crippen LogP contribution in [0.3, 0.4) is 0 Å². The Morgan fingerprint density at radius 1 is 1.00 bits per heavy atom. The van der Waals surface area contributed by atoms with E-state index in [0.29, 0.717) is 5.56 Å². The minimum atomic E-state index is 0.0166. The molecule has 0 aliphatic carbocycles. The summed E-state index contributed by atoms with van der Waals surface area (Å²) in [7, 11) is 5.29. The highest BCUT2D eigenvalue weighted by Crippen LogP contribution is 2.08. The Balaban J connectivity index is 1.44. The Kier molecular flexibility index (Phi) is 8.43. The topological polar surface area (TPSA) is 74.6 Å². The lowest BCUT2D eigenvalue weighted by molar-refractivity contribution is 0.0827. The predicted octanol–water partition coefficient (Wildman–Crippen LogP) is 2.58. The summed E-state index contributed by atoms with van der Waals surface area (Å²) in [5.41, 5.74) is 3.08. The Morgan fingerprint density at radius 3 is 2.44 bits per heavy atom. The first-order valence-electron chi connectivity index (χ1n) is 10.9. The average molecular weight is 433 g/mol. The Hall–Kier alpha value is -3.61. The van der Waals surface area contributed by atoms with Crippen molar-refractivity contribution in [2.75, 3.05) is 34.2 Å². The van der Waals surface area contributed by atoms with Crippen molar-refractivity contribution in [3.05, 3.63) is 89.5 Å². The van der Waals surface area contributed by atoms with E-state index in [4.69, 9.17) is 0 Å². The zero-order chi connectivity index (χ0) is 22.8. The number of carbonyl (C=O) groups is 1. The van der Waals surface area contributed by atoms with Crippen LogP contribution in [-0.2, 0) is 19.4 Å². The normalized spacial score (nSPS) is 11.3. The third-order valence-corrected chi connectivity index (χ3v) is 5.15. The summed E-state index contributed by atoms with van der Waals surface area (Å²) >= 11 is 0. The van der Waals surface area contributed by atoms with Crippen LogP contribution >= 0.6 is 0 Å². The van der Waals surface area contributed by atoms with E-state index in [1.165, 1.54) is 5.56 Å². The fraction of sp³-hybridized carbons (Fsp3) is 0.320. The molecule has 1 aromatic heterocycles. The van der Waals surface area contributed by atoms with Gasteiger partial charge < -0.3 is 20.1 Å². The molecule has 3 aromatic rings. The second kappa shape index (κ2) is 11.7. The van der Waals surface area contributed by atoms with Crippen molar-refractivity contribution < 1.29 is 4.79 Å². The first-order valence-corrected chi connectivity index (χ1v) is 10.9. The molecule has 0 atom stereocenters. The molecule has 1 amide bonds. The highest BCUT2D eigenvalue weighted by atomic mass is 16.2. The van der Waals surface area contributed by atoms with Gasteiger partial charge in [0.1, 0.15) is 5.82 Å². The Labute approximate surface area is 190 Å². The van der Waals surface area contributed by atoms with E-state index in [2.05, 4.69) is 49.4 Å². The number of aliphatic imine (C=N–C) groups is 1. The second-order valence-electron chi connectivity index (χ2n) is 7.78. The summed E-state index contributed by atoms with van der Waals surface area (Å²) in [5.74, 6) is 1.81. The number of hydrogen-bond donors (Lipinski definition) is 2. The van der Waals surface area contributed by atoms with E-state index >= 15 is 0 Å². The molecule has 0 fully saturated rings. The van der Waals surface area contributed by atoms with Gasteiger partial charge in [0.15, 0.2) is 5.96 Å². The first-order chi connectivity index (χ1) is 15.6. The molecule has 0 saturated carbocycles. The molecular formula is C25H32N6O. The van der Waals surface area contributed by atoms with Crippen molar-refractivity contribution in [1.29, 1.82) is 0 Å². The van der Waals surface area contributed by atoms with Crippen LogP contribution in [0.25, 0.3) is 0 Å². The number of benzene rings is 2. The number of amides is 1. The molecule has 0 aliphatic heterocycles. The molecule has 0 aliphatic rings. The number of imidazole rings is 1. The lowest BCUT2D eigenvalue weighted by atomic mass is 10.1. The molecule has 3 rings (SSSR count). The van der Waals surface area contributed by atoms with Gasteiger partial charge in [-0.2, -0.15) is 0 Å². The van der Waals surface area contributed by atoms with Crippen LogP contribution in [0, 0.1) is 0 Å². The van der Waals surface area contributed by atoms with Crippen molar-refractivity contribution in [1.82, 2.24) is 25.1 Å². The molecule has 2 aromatic carbocycles. The summed E-state index contributed by atoms with van der Waals surface area (Å²) in [6, 6.07) is 18.2. The zero-order valence-electron chi connectivity index (χ0n) is 19.1. The highest BCUT2D eigenvalue weighted by Gasteiger charge is 2.08. The van der Waals surface area contributed by atoms with E-state index in [9.17, 15) is 4.79 Å². The quantitative estimate of drug-likeness (QED) is 0.403. The number of nitrogens with one attached hydrogen (secondary N) is 2. The maximum absolute atomic E-state index is 12.1. The predicted molar refractivity (Wildman–Crippen MR) is 129 cm³/mol. The number of guanidine groups is 1.